The molecule has 45 heavy (non-hydrogen) atoms. The van der Waals surface area contributed by atoms with Gasteiger partial charge in [0, 0.05) is 17.7 Å². The molecule has 0 aromatic heterocycles. The fourth-order valence-corrected chi connectivity index (χ4v) is 9.33. The molecule has 2 aromatic rings. The first-order valence-electron chi connectivity index (χ1n) is 13.8. The monoisotopic (exact) mass is 665 g/mol. The summed E-state index contributed by atoms with van der Waals surface area (Å²) in [6.07, 6.45) is -14.0. The first-order valence-corrected chi connectivity index (χ1v) is 15.3. The number of amides is 1. The molecule has 1 saturated heterocycles. The Morgan fingerprint density at radius 2 is 1.49 bits per heavy atom. The van der Waals surface area contributed by atoms with Gasteiger partial charge >= 0.3 is 24.0 Å². The SMILES string of the molecule is O=Cc1ccc(S(=O)(=O)C23CCN(C(=O)C4(O)CCC(C(=O)O)CC4)C2Cc2cc(C(F)(C(F)(F)F)C(F)(F)F)ccc23)cc1. The number of carboxylic acid groups (broad SMARTS) is 1. The number of alkyl halides is 7. The number of likely N-dealkylation sites (tertiary alicyclic amines) is 1. The van der Waals surface area contributed by atoms with Crippen LogP contribution in [-0.2, 0) is 36.3 Å². The van der Waals surface area contributed by atoms with Crippen LogP contribution in [0, 0.1) is 5.92 Å². The molecule has 1 amide bonds. The van der Waals surface area contributed by atoms with Gasteiger partial charge in [-0.05, 0) is 61.8 Å². The molecule has 8 nitrogen and oxygen atoms in total. The van der Waals surface area contributed by atoms with Crippen LogP contribution in [0.2, 0.25) is 0 Å². The van der Waals surface area contributed by atoms with Gasteiger partial charge in [-0.25, -0.2) is 12.8 Å². The highest BCUT2D eigenvalue weighted by Crippen LogP contribution is 2.58. The van der Waals surface area contributed by atoms with Crippen LogP contribution in [0.1, 0.15) is 59.2 Å². The van der Waals surface area contributed by atoms with Crippen LogP contribution in [0.15, 0.2) is 47.4 Å². The predicted molar refractivity (Wildman–Crippen MR) is 140 cm³/mol. The number of hydrogen-bond acceptors (Lipinski definition) is 6. The molecule has 2 aromatic carbocycles. The van der Waals surface area contributed by atoms with Crippen molar-refractivity contribution in [2.24, 2.45) is 5.92 Å². The molecular formula is C29H26F7NO7S. The van der Waals surface area contributed by atoms with Crippen molar-refractivity contribution in [3.8, 4) is 0 Å². The lowest BCUT2D eigenvalue weighted by Crippen LogP contribution is -2.55. The van der Waals surface area contributed by atoms with Crippen LogP contribution < -0.4 is 0 Å². The normalized spacial score (nSPS) is 27.2. The van der Waals surface area contributed by atoms with Crippen LogP contribution in [0.5, 0.6) is 0 Å². The molecule has 0 spiro atoms. The second-order valence-electron chi connectivity index (χ2n) is 11.7. The standard InChI is InChI=1S/C29H26F7NO7S/c30-27(28(31,32)33,29(34,35)36)19-3-6-21-18(13-19)14-22-26(21,45(43,44)20-4-1-16(15-38)2-5-20)11-12-37(22)24(41)25(42)9-7-17(8-10-25)23(39)40/h1-6,13,15,17,22,42H,7-12,14H2,(H,39,40). The summed E-state index contributed by atoms with van der Waals surface area (Å²) in [7, 11) is -4.62. The smallest absolute Gasteiger partial charge is 0.435 e. The van der Waals surface area contributed by atoms with Crippen LogP contribution in [-0.4, -0.2) is 72.2 Å². The van der Waals surface area contributed by atoms with Crippen molar-refractivity contribution < 1.29 is 63.7 Å². The highest BCUT2D eigenvalue weighted by atomic mass is 32.2. The summed E-state index contributed by atoms with van der Waals surface area (Å²) in [6, 6.07) is 4.40. The Kier molecular flexibility index (Phi) is 7.67. The predicted octanol–water partition coefficient (Wildman–Crippen LogP) is 4.62. The Bertz CT molecular complexity index is 1630. The second-order valence-corrected chi connectivity index (χ2v) is 13.9. The molecule has 1 heterocycles. The maximum absolute atomic E-state index is 15.0. The third kappa shape index (κ3) is 4.73. The minimum atomic E-state index is -6.42. The number of nitrogens with zero attached hydrogens (tertiary/aromatic N) is 1. The van der Waals surface area contributed by atoms with Gasteiger partial charge in [-0.15, -0.1) is 0 Å². The third-order valence-electron chi connectivity index (χ3n) is 9.42. The van der Waals surface area contributed by atoms with Gasteiger partial charge in [0.15, 0.2) is 9.84 Å². The lowest BCUT2D eigenvalue weighted by molar-refractivity contribution is -0.348. The number of carbonyl (C=O) groups excluding carboxylic acids is 2. The lowest BCUT2D eigenvalue weighted by Gasteiger charge is -2.39. The lowest BCUT2D eigenvalue weighted by atomic mass is 9.78. The number of aldehydes is 1. The number of sulfone groups is 1. The van der Waals surface area contributed by atoms with Gasteiger partial charge in [0.1, 0.15) is 16.6 Å². The van der Waals surface area contributed by atoms with Crippen LogP contribution >= 0.6 is 0 Å². The van der Waals surface area contributed by atoms with E-state index in [1.807, 2.05) is 0 Å². The maximum Gasteiger partial charge on any atom is 0.435 e. The van der Waals surface area contributed by atoms with E-state index in [-0.39, 0.29) is 66.3 Å². The molecule has 3 aliphatic rings. The van der Waals surface area contributed by atoms with Gasteiger partial charge in [-0.1, -0.05) is 30.3 Å². The fourth-order valence-electron chi connectivity index (χ4n) is 7.00. The number of carbonyl (C=O) groups is 3. The molecule has 2 aliphatic carbocycles. The second kappa shape index (κ2) is 10.5. The van der Waals surface area contributed by atoms with E-state index < -0.39 is 74.0 Å². The molecule has 5 rings (SSSR count). The molecule has 2 fully saturated rings. The maximum atomic E-state index is 15.0. The Labute approximate surface area is 251 Å². The molecule has 2 N–H and O–H groups in total. The Balaban J connectivity index is 1.64. The van der Waals surface area contributed by atoms with Gasteiger partial charge in [-0.2, -0.15) is 26.3 Å². The molecule has 0 bridgehead atoms. The van der Waals surface area contributed by atoms with E-state index in [0.29, 0.717) is 18.4 Å². The molecule has 2 atom stereocenters. The molecule has 2 unspecified atom stereocenters. The summed E-state index contributed by atoms with van der Waals surface area (Å²) in [4.78, 5) is 37.0. The van der Waals surface area contributed by atoms with E-state index in [1.54, 1.807) is 0 Å². The van der Waals surface area contributed by atoms with Gasteiger partial charge in [0.2, 0.25) is 0 Å². The van der Waals surface area contributed by atoms with Crippen LogP contribution in [0.25, 0.3) is 0 Å². The number of aliphatic carboxylic acids is 1. The van der Waals surface area contributed by atoms with Crippen molar-refractivity contribution in [3.63, 3.8) is 0 Å². The van der Waals surface area contributed by atoms with Gasteiger partial charge in [-0.3, -0.25) is 14.4 Å². The number of halogens is 7. The highest BCUT2D eigenvalue weighted by molar-refractivity contribution is 7.92. The number of hydrogen-bond donors (Lipinski definition) is 2. The molecular weight excluding hydrogens is 639 g/mol. The molecule has 1 aliphatic heterocycles. The zero-order chi connectivity index (χ0) is 33.4. The van der Waals surface area contributed by atoms with E-state index in [2.05, 4.69) is 0 Å². The number of aliphatic hydroxyl groups is 1. The van der Waals surface area contributed by atoms with Crippen molar-refractivity contribution in [1.29, 1.82) is 0 Å². The Morgan fingerprint density at radius 3 is 2.00 bits per heavy atom. The van der Waals surface area contributed by atoms with Gasteiger partial charge in [0.25, 0.3) is 5.91 Å². The van der Waals surface area contributed by atoms with Crippen molar-refractivity contribution in [3.05, 3.63) is 64.7 Å². The molecule has 1 saturated carbocycles. The summed E-state index contributed by atoms with van der Waals surface area (Å²) in [5.74, 6) is -2.91. The van der Waals surface area contributed by atoms with E-state index in [1.165, 1.54) is 12.1 Å². The number of benzene rings is 2. The largest absolute Gasteiger partial charge is 0.481 e. The zero-order valence-electron chi connectivity index (χ0n) is 23.2. The minimum Gasteiger partial charge on any atom is -0.481 e. The van der Waals surface area contributed by atoms with Crippen molar-refractivity contribution in [2.75, 3.05) is 6.54 Å². The molecule has 16 heteroatoms. The quantitative estimate of drug-likeness (QED) is 0.341. The molecule has 0 radical (unpaired) electrons. The summed E-state index contributed by atoms with van der Waals surface area (Å²) in [5, 5.41) is 20.6. The van der Waals surface area contributed by atoms with E-state index in [0.717, 1.165) is 17.0 Å². The van der Waals surface area contributed by atoms with E-state index >= 15 is 4.39 Å². The highest BCUT2D eigenvalue weighted by Gasteiger charge is 2.74. The fraction of sp³-hybridized carbons (Fsp3) is 0.483. The summed E-state index contributed by atoms with van der Waals surface area (Å²) in [5.41, 5.74) is -10.2. The Morgan fingerprint density at radius 1 is 0.911 bits per heavy atom. The third-order valence-corrected chi connectivity index (χ3v) is 12.0. The topological polar surface area (TPSA) is 129 Å². The first-order chi connectivity index (χ1) is 20.7. The van der Waals surface area contributed by atoms with Crippen molar-refractivity contribution in [1.82, 2.24) is 4.90 Å². The zero-order valence-corrected chi connectivity index (χ0v) is 24.0. The number of rotatable bonds is 6. The minimum absolute atomic E-state index is 0.0698. The number of fused-ring (bicyclic) bond motifs is 3. The average molecular weight is 666 g/mol. The summed E-state index contributed by atoms with van der Waals surface area (Å²) in [6.45, 7) is -0.279. The van der Waals surface area contributed by atoms with Gasteiger partial charge < -0.3 is 15.1 Å². The van der Waals surface area contributed by atoms with Crippen LogP contribution in [0.4, 0.5) is 30.7 Å². The Hall–Kier alpha value is -3.53. The van der Waals surface area contributed by atoms with Crippen molar-refractivity contribution in [2.45, 2.75) is 77.8 Å². The average Bonchev–Trinajstić information content (AvgIpc) is 3.51. The van der Waals surface area contributed by atoms with Crippen molar-refractivity contribution >= 4 is 28.0 Å². The van der Waals surface area contributed by atoms with Gasteiger partial charge in [0.05, 0.1) is 16.9 Å². The van der Waals surface area contributed by atoms with E-state index in [9.17, 15) is 59.4 Å². The number of carboxylic acids is 1. The van der Waals surface area contributed by atoms with Crippen LogP contribution in [0.3, 0.4) is 0 Å². The first kappa shape index (κ1) is 32.9. The molecule has 244 valence electrons. The van der Waals surface area contributed by atoms with E-state index in [4.69, 9.17) is 0 Å². The summed E-state index contributed by atoms with van der Waals surface area (Å²) >= 11 is 0. The summed E-state index contributed by atoms with van der Waals surface area (Å²) < 4.78 is 123.